The number of hydrogen-bond acceptors (Lipinski definition) is 4. The lowest BCUT2D eigenvalue weighted by Gasteiger charge is -2.31. The molecule has 6 heteroatoms. The van der Waals surface area contributed by atoms with Crippen LogP contribution in [0.4, 0.5) is 0 Å². The molecule has 2 heterocycles. The number of nitrogens with two attached hydrogens (primary N) is 1. The van der Waals surface area contributed by atoms with E-state index in [0.717, 1.165) is 21.9 Å². The number of rotatable bonds is 6. The number of halogens is 2. The van der Waals surface area contributed by atoms with E-state index in [0.29, 0.717) is 0 Å². The molecule has 0 amide bonds. The zero-order valence-electron chi connectivity index (χ0n) is 11.5. The molecule has 0 aliphatic rings. The van der Waals surface area contributed by atoms with E-state index in [2.05, 4.69) is 73.6 Å². The normalized spacial score (nSPS) is 14.7. The van der Waals surface area contributed by atoms with Crippen molar-refractivity contribution in [3.8, 4) is 0 Å². The van der Waals surface area contributed by atoms with Crippen molar-refractivity contribution < 1.29 is 0 Å². The first-order valence-corrected chi connectivity index (χ1v) is 9.78. The number of thiophene rings is 2. The molecule has 2 N–H and O–H groups in total. The van der Waals surface area contributed by atoms with Gasteiger partial charge in [0.2, 0.25) is 0 Å². The minimum Gasteiger partial charge on any atom is -0.326 e. The fourth-order valence-corrected chi connectivity index (χ4v) is 5.44. The van der Waals surface area contributed by atoms with Gasteiger partial charge in [-0.05, 0) is 57.5 Å². The van der Waals surface area contributed by atoms with Crippen molar-refractivity contribution in [2.75, 3.05) is 7.05 Å². The van der Waals surface area contributed by atoms with Crippen molar-refractivity contribution in [1.29, 1.82) is 0 Å². The summed E-state index contributed by atoms with van der Waals surface area (Å²) in [7, 11) is 2.15. The van der Waals surface area contributed by atoms with Crippen LogP contribution in [0.1, 0.15) is 29.1 Å². The van der Waals surface area contributed by atoms with E-state index in [1.807, 2.05) is 0 Å². The lowest BCUT2D eigenvalue weighted by atomic mass is 10.0. The van der Waals surface area contributed by atoms with Crippen molar-refractivity contribution >= 4 is 54.5 Å². The van der Waals surface area contributed by atoms with Gasteiger partial charge in [-0.25, -0.2) is 0 Å². The van der Waals surface area contributed by atoms with Crippen LogP contribution in [0, 0.1) is 0 Å². The van der Waals surface area contributed by atoms with E-state index in [1.54, 1.807) is 22.7 Å². The Bertz CT molecular complexity index is 553. The quantitative estimate of drug-likeness (QED) is 0.668. The summed E-state index contributed by atoms with van der Waals surface area (Å²) in [5, 5.41) is 4.25. The molecule has 2 unspecified atom stereocenters. The van der Waals surface area contributed by atoms with Crippen molar-refractivity contribution in [1.82, 2.24) is 4.90 Å². The van der Waals surface area contributed by atoms with Gasteiger partial charge in [0, 0.05) is 42.0 Å². The second kappa shape index (κ2) is 7.51. The van der Waals surface area contributed by atoms with Crippen LogP contribution >= 0.6 is 54.5 Å². The highest BCUT2D eigenvalue weighted by atomic mass is 79.9. The van der Waals surface area contributed by atoms with E-state index in [-0.39, 0.29) is 12.1 Å². The van der Waals surface area contributed by atoms with Crippen LogP contribution < -0.4 is 5.73 Å². The van der Waals surface area contributed by atoms with Crippen LogP contribution in [-0.4, -0.2) is 18.0 Å². The monoisotopic (exact) mass is 436 g/mol. The average Bonchev–Trinajstić information content (AvgIpc) is 2.99. The number of nitrogens with zero attached hydrogens (tertiary/aromatic N) is 1. The molecule has 0 bridgehead atoms. The van der Waals surface area contributed by atoms with Gasteiger partial charge in [-0.15, -0.1) is 22.7 Å². The fraction of sp³-hybridized carbons (Fsp3) is 0.429. The number of likely N-dealkylation sites (N-methyl/N-ethyl adjacent to an activating group) is 1. The summed E-state index contributed by atoms with van der Waals surface area (Å²) in [5.74, 6) is 0. The molecular weight excluding hydrogens is 420 g/mol. The Hall–Kier alpha value is 0.280. The molecule has 2 aromatic rings. The zero-order valence-corrected chi connectivity index (χ0v) is 16.3. The molecule has 110 valence electrons. The van der Waals surface area contributed by atoms with Gasteiger partial charge in [-0.1, -0.05) is 6.92 Å². The van der Waals surface area contributed by atoms with E-state index in [1.165, 1.54) is 9.75 Å². The maximum atomic E-state index is 6.36. The molecule has 2 rings (SSSR count). The molecule has 0 aliphatic heterocycles. The molecule has 2 aromatic heterocycles. The van der Waals surface area contributed by atoms with E-state index in [9.17, 15) is 0 Å². The van der Waals surface area contributed by atoms with Gasteiger partial charge in [0.05, 0.1) is 6.04 Å². The molecule has 0 aromatic carbocycles. The van der Waals surface area contributed by atoms with Crippen LogP contribution in [0.15, 0.2) is 31.8 Å². The van der Waals surface area contributed by atoms with Crippen LogP contribution in [0.2, 0.25) is 0 Å². The molecule has 0 aliphatic carbocycles. The van der Waals surface area contributed by atoms with Gasteiger partial charge in [0.15, 0.2) is 0 Å². The largest absolute Gasteiger partial charge is 0.326 e. The van der Waals surface area contributed by atoms with Crippen molar-refractivity contribution in [3.05, 3.63) is 41.6 Å². The Morgan fingerprint density at radius 3 is 2.35 bits per heavy atom. The predicted octanol–water partition coefficient (Wildman–Crippen LogP) is 5.25. The highest BCUT2D eigenvalue weighted by molar-refractivity contribution is 9.10. The fourth-order valence-electron chi connectivity index (χ4n) is 2.24. The first-order chi connectivity index (χ1) is 9.51. The number of hydrogen-bond donors (Lipinski definition) is 1. The predicted molar refractivity (Wildman–Crippen MR) is 96.5 cm³/mol. The topological polar surface area (TPSA) is 29.3 Å². The summed E-state index contributed by atoms with van der Waals surface area (Å²) in [6.07, 6.45) is 0.971. The second-order valence-electron chi connectivity index (χ2n) is 4.83. The first kappa shape index (κ1) is 16.6. The lowest BCUT2D eigenvalue weighted by Crippen LogP contribution is -2.37. The highest BCUT2D eigenvalue weighted by Gasteiger charge is 2.25. The van der Waals surface area contributed by atoms with Crippen LogP contribution in [-0.2, 0) is 6.54 Å². The van der Waals surface area contributed by atoms with Crippen LogP contribution in [0.5, 0.6) is 0 Å². The third-order valence-corrected chi connectivity index (χ3v) is 6.70. The smallest absolute Gasteiger partial charge is 0.0594 e. The Balaban J connectivity index is 2.17. The van der Waals surface area contributed by atoms with Gasteiger partial charge < -0.3 is 5.73 Å². The maximum Gasteiger partial charge on any atom is 0.0594 e. The molecule has 0 saturated carbocycles. The third kappa shape index (κ3) is 4.15. The Labute approximate surface area is 145 Å². The van der Waals surface area contributed by atoms with Gasteiger partial charge in [0.1, 0.15) is 0 Å². The minimum absolute atomic E-state index is 0.147. The summed E-state index contributed by atoms with van der Waals surface area (Å²) < 4.78 is 2.29. The summed E-state index contributed by atoms with van der Waals surface area (Å²) >= 11 is 10.6. The molecule has 0 spiro atoms. The minimum atomic E-state index is 0.147. The summed E-state index contributed by atoms with van der Waals surface area (Å²) in [4.78, 5) is 5.03. The van der Waals surface area contributed by atoms with Crippen molar-refractivity contribution in [3.63, 3.8) is 0 Å². The Morgan fingerprint density at radius 1 is 1.20 bits per heavy atom. The summed E-state index contributed by atoms with van der Waals surface area (Å²) in [5.41, 5.74) is 6.36. The Morgan fingerprint density at radius 2 is 1.85 bits per heavy atom. The standard InChI is InChI=1S/C14H18Br2N2S2/c1-3-12(17)14(13-5-10(16)8-20-13)18(2)6-11-4-9(15)7-19-11/h4-5,7-8,12,14H,3,6,17H2,1-2H3. The molecule has 2 atom stereocenters. The molecule has 0 fully saturated rings. The van der Waals surface area contributed by atoms with Crippen LogP contribution in [0.25, 0.3) is 0 Å². The molecule has 2 nitrogen and oxygen atoms in total. The summed E-state index contributed by atoms with van der Waals surface area (Å²) in [6, 6.07) is 4.78. The molecule has 0 saturated heterocycles. The third-order valence-electron chi connectivity index (χ3n) is 3.26. The van der Waals surface area contributed by atoms with Crippen molar-refractivity contribution in [2.24, 2.45) is 5.73 Å². The van der Waals surface area contributed by atoms with Crippen LogP contribution in [0.3, 0.4) is 0 Å². The second-order valence-corrected chi connectivity index (χ2v) is 8.60. The van der Waals surface area contributed by atoms with Gasteiger partial charge in [-0.3, -0.25) is 4.90 Å². The van der Waals surface area contributed by atoms with E-state index in [4.69, 9.17) is 5.73 Å². The SMILES string of the molecule is CCC(N)C(c1cc(Br)cs1)N(C)Cc1cc(Br)cs1. The maximum absolute atomic E-state index is 6.36. The highest BCUT2D eigenvalue weighted by Crippen LogP contribution is 2.33. The zero-order chi connectivity index (χ0) is 14.7. The molecular formula is C14H18Br2N2S2. The molecule has 0 radical (unpaired) electrons. The van der Waals surface area contributed by atoms with Gasteiger partial charge in [0.25, 0.3) is 0 Å². The van der Waals surface area contributed by atoms with E-state index < -0.39 is 0 Å². The first-order valence-electron chi connectivity index (χ1n) is 6.44. The Kier molecular flexibility index (Phi) is 6.25. The lowest BCUT2D eigenvalue weighted by molar-refractivity contribution is 0.206. The van der Waals surface area contributed by atoms with Gasteiger partial charge in [-0.2, -0.15) is 0 Å². The van der Waals surface area contributed by atoms with E-state index >= 15 is 0 Å². The average molecular weight is 438 g/mol. The molecule has 20 heavy (non-hydrogen) atoms. The van der Waals surface area contributed by atoms with Crippen molar-refractivity contribution in [2.45, 2.75) is 32.0 Å². The summed E-state index contributed by atoms with van der Waals surface area (Å²) in [6.45, 7) is 3.07. The van der Waals surface area contributed by atoms with Gasteiger partial charge >= 0.3 is 0 Å².